The summed E-state index contributed by atoms with van der Waals surface area (Å²) in [6.45, 7) is 2.23. The van der Waals surface area contributed by atoms with Crippen molar-refractivity contribution in [2.24, 2.45) is 0 Å². The molecule has 0 aromatic heterocycles. The molecule has 5 nitrogen and oxygen atoms in total. The molecule has 0 saturated carbocycles. The van der Waals surface area contributed by atoms with Gasteiger partial charge in [-0.3, -0.25) is 9.69 Å². The highest BCUT2D eigenvalue weighted by molar-refractivity contribution is 5.69. The highest BCUT2D eigenvalue weighted by atomic mass is 16.5. The van der Waals surface area contributed by atoms with Crippen LogP contribution in [-0.4, -0.2) is 59.0 Å². The lowest BCUT2D eigenvalue weighted by Gasteiger charge is -2.44. The van der Waals surface area contributed by atoms with Crippen molar-refractivity contribution in [1.82, 2.24) is 4.90 Å². The van der Waals surface area contributed by atoms with Crippen LogP contribution in [0.15, 0.2) is 0 Å². The average Bonchev–Trinajstić information content (AvgIpc) is 2.21. The van der Waals surface area contributed by atoms with Crippen molar-refractivity contribution in [2.75, 3.05) is 26.2 Å². The van der Waals surface area contributed by atoms with Crippen molar-refractivity contribution in [1.29, 1.82) is 0 Å². The van der Waals surface area contributed by atoms with Crippen LogP contribution >= 0.6 is 0 Å². The summed E-state index contributed by atoms with van der Waals surface area (Å²) in [7, 11) is 0. The number of rotatable bonds is 2. The van der Waals surface area contributed by atoms with Crippen LogP contribution in [0.1, 0.15) is 25.7 Å². The number of aliphatic hydroxyl groups is 1. The van der Waals surface area contributed by atoms with E-state index in [2.05, 4.69) is 0 Å². The highest BCUT2D eigenvalue weighted by Gasteiger charge is 2.39. The van der Waals surface area contributed by atoms with Gasteiger partial charge in [-0.1, -0.05) is 0 Å². The summed E-state index contributed by atoms with van der Waals surface area (Å²) < 4.78 is 5.80. The molecule has 0 amide bonds. The second kappa shape index (κ2) is 4.69. The summed E-state index contributed by atoms with van der Waals surface area (Å²) in [5.41, 5.74) is -0.188. The van der Waals surface area contributed by atoms with Crippen molar-refractivity contribution in [3.63, 3.8) is 0 Å². The van der Waals surface area contributed by atoms with E-state index >= 15 is 0 Å². The maximum atomic E-state index is 10.6. The van der Waals surface area contributed by atoms with Crippen LogP contribution in [0.4, 0.5) is 0 Å². The molecule has 2 rings (SSSR count). The number of aliphatic carboxylic acids is 1. The Hall–Kier alpha value is -0.650. The van der Waals surface area contributed by atoms with E-state index in [1.165, 1.54) is 0 Å². The summed E-state index contributed by atoms with van der Waals surface area (Å²) in [5, 5.41) is 18.3. The Morgan fingerprint density at radius 3 is 2.69 bits per heavy atom. The zero-order valence-corrected chi connectivity index (χ0v) is 9.39. The fourth-order valence-corrected chi connectivity index (χ4v) is 2.66. The zero-order valence-electron chi connectivity index (χ0n) is 9.39. The Bertz CT molecular complexity index is 261. The molecule has 92 valence electrons. The smallest absolute Gasteiger partial charge is 0.317 e. The first-order valence-electron chi connectivity index (χ1n) is 5.86. The number of ether oxygens (including phenoxy) is 1. The van der Waals surface area contributed by atoms with Gasteiger partial charge in [-0.15, -0.1) is 0 Å². The SMILES string of the molecule is O=C(O)CN1CCC2(CC1)C[C@H](O)CCO2. The molecule has 0 bridgehead atoms. The number of aliphatic hydroxyl groups excluding tert-OH is 1. The average molecular weight is 229 g/mol. The maximum absolute atomic E-state index is 10.6. The minimum absolute atomic E-state index is 0.110. The van der Waals surface area contributed by atoms with Gasteiger partial charge in [0.1, 0.15) is 0 Å². The molecule has 2 saturated heterocycles. The number of carboxylic acid groups (broad SMARTS) is 1. The molecule has 1 spiro atoms. The van der Waals surface area contributed by atoms with Crippen LogP contribution in [0.25, 0.3) is 0 Å². The highest BCUT2D eigenvalue weighted by Crippen LogP contribution is 2.34. The van der Waals surface area contributed by atoms with E-state index in [4.69, 9.17) is 9.84 Å². The third-order valence-electron chi connectivity index (χ3n) is 3.59. The summed E-state index contributed by atoms with van der Waals surface area (Å²) >= 11 is 0. The molecular formula is C11H19NO4. The summed E-state index contributed by atoms with van der Waals surface area (Å²) in [4.78, 5) is 12.5. The zero-order chi connectivity index (χ0) is 11.6. The Balaban J connectivity index is 1.86. The van der Waals surface area contributed by atoms with Gasteiger partial charge in [-0.05, 0) is 19.3 Å². The Kier molecular flexibility index (Phi) is 3.47. The van der Waals surface area contributed by atoms with Crippen molar-refractivity contribution in [2.45, 2.75) is 37.4 Å². The monoisotopic (exact) mass is 229 g/mol. The van der Waals surface area contributed by atoms with Gasteiger partial charge in [-0.2, -0.15) is 0 Å². The van der Waals surface area contributed by atoms with Crippen LogP contribution in [-0.2, 0) is 9.53 Å². The number of piperidine rings is 1. The van der Waals surface area contributed by atoms with E-state index in [0.717, 1.165) is 32.4 Å². The molecule has 2 heterocycles. The van der Waals surface area contributed by atoms with Gasteiger partial charge < -0.3 is 14.9 Å². The van der Waals surface area contributed by atoms with Crippen LogP contribution in [0.5, 0.6) is 0 Å². The third-order valence-corrected chi connectivity index (χ3v) is 3.59. The van der Waals surface area contributed by atoms with Gasteiger partial charge in [0.25, 0.3) is 0 Å². The molecule has 0 radical (unpaired) electrons. The van der Waals surface area contributed by atoms with E-state index in [9.17, 15) is 9.90 Å². The summed E-state index contributed by atoms with van der Waals surface area (Å²) in [5.74, 6) is -0.777. The largest absolute Gasteiger partial charge is 0.480 e. The van der Waals surface area contributed by atoms with E-state index in [0.29, 0.717) is 13.0 Å². The fourth-order valence-electron chi connectivity index (χ4n) is 2.66. The van der Waals surface area contributed by atoms with Gasteiger partial charge in [0, 0.05) is 26.1 Å². The Labute approximate surface area is 95.0 Å². The minimum atomic E-state index is -0.777. The molecule has 0 unspecified atom stereocenters. The molecule has 0 aromatic rings. The van der Waals surface area contributed by atoms with E-state index in [1.54, 1.807) is 0 Å². The van der Waals surface area contributed by atoms with E-state index in [-0.39, 0.29) is 18.2 Å². The molecule has 5 heteroatoms. The molecule has 0 aromatic carbocycles. The van der Waals surface area contributed by atoms with E-state index in [1.807, 2.05) is 4.90 Å². The first kappa shape index (κ1) is 11.8. The molecular weight excluding hydrogens is 210 g/mol. The summed E-state index contributed by atoms with van der Waals surface area (Å²) in [6, 6.07) is 0. The second-order valence-corrected chi connectivity index (χ2v) is 4.85. The molecule has 16 heavy (non-hydrogen) atoms. The van der Waals surface area contributed by atoms with Gasteiger partial charge >= 0.3 is 5.97 Å². The normalized spacial score (nSPS) is 30.4. The van der Waals surface area contributed by atoms with E-state index < -0.39 is 5.97 Å². The Morgan fingerprint density at radius 1 is 1.44 bits per heavy atom. The number of hydrogen-bond donors (Lipinski definition) is 2. The first-order chi connectivity index (χ1) is 7.60. The lowest BCUT2D eigenvalue weighted by Crippen LogP contribution is -2.51. The van der Waals surface area contributed by atoms with Crippen molar-refractivity contribution >= 4 is 5.97 Å². The fraction of sp³-hybridized carbons (Fsp3) is 0.909. The standard InChI is InChI=1S/C11H19NO4/c13-9-1-6-16-11(7-9)2-4-12(5-3-11)8-10(14)15/h9,13H,1-8H2,(H,14,15)/t9-/m1/s1. The Morgan fingerprint density at radius 2 is 2.12 bits per heavy atom. The molecule has 2 fully saturated rings. The van der Waals surface area contributed by atoms with Gasteiger partial charge in [0.2, 0.25) is 0 Å². The van der Waals surface area contributed by atoms with Crippen molar-refractivity contribution in [3.05, 3.63) is 0 Å². The lowest BCUT2D eigenvalue weighted by molar-refractivity contribution is -0.150. The van der Waals surface area contributed by atoms with Gasteiger partial charge in [0.05, 0.1) is 18.2 Å². The number of likely N-dealkylation sites (tertiary alicyclic amines) is 1. The molecule has 2 aliphatic heterocycles. The molecule has 2 aliphatic rings. The van der Waals surface area contributed by atoms with Crippen molar-refractivity contribution < 1.29 is 19.7 Å². The molecule has 2 N–H and O–H groups in total. The van der Waals surface area contributed by atoms with Crippen LogP contribution in [0.3, 0.4) is 0 Å². The van der Waals surface area contributed by atoms with Gasteiger partial charge in [0.15, 0.2) is 0 Å². The van der Waals surface area contributed by atoms with Crippen molar-refractivity contribution in [3.8, 4) is 0 Å². The number of carboxylic acids is 1. The molecule has 1 atom stereocenters. The maximum Gasteiger partial charge on any atom is 0.317 e. The molecule has 0 aliphatic carbocycles. The number of nitrogens with zero attached hydrogens (tertiary/aromatic N) is 1. The number of carbonyl (C=O) groups is 1. The number of hydrogen-bond acceptors (Lipinski definition) is 4. The van der Waals surface area contributed by atoms with Crippen LogP contribution < -0.4 is 0 Å². The predicted octanol–water partition coefficient (Wildman–Crippen LogP) is 0.0769. The van der Waals surface area contributed by atoms with Gasteiger partial charge in [-0.25, -0.2) is 0 Å². The topological polar surface area (TPSA) is 70.0 Å². The lowest BCUT2D eigenvalue weighted by atomic mass is 9.83. The second-order valence-electron chi connectivity index (χ2n) is 4.85. The van der Waals surface area contributed by atoms with Crippen LogP contribution in [0.2, 0.25) is 0 Å². The summed E-state index contributed by atoms with van der Waals surface area (Å²) in [6.07, 6.45) is 2.84. The van der Waals surface area contributed by atoms with Crippen LogP contribution in [0, 0.1) is 0 Å². The quantitative estimate of drug-likeness (QED) is 0.701. The minimum Gasteiger partial charge on any atom is -0.480 e. The third kappa shape index (κ3) is 2.72. The first-order valence-corrected chi connectivity index (χ1v) is 5.86. The predicted molar refractivity (Wildman–Crippen MR) is 57.2 cm³/mol.